The first kappa shape index (κ1) is 28.8. The maximum Gasteiger partial charge on any atom is 0.274 e. The lowest BCUT2D eigenvalue weighted by molar-refractivity contribution is -0.130. The van der Waals surface area contributed by atoms with Crippen LogP contribution in [0, 0.1) is 5.82 Å². The van der Waals surface area contributed by atoms with Gasteiger partial charge in [-0.25, -0.2) is 16.8 Å². The second kappa shape index (κ2) is 11.1. The van der Waals surface area contributed by atoms with Crippen LogP contribution in [0.3, 0.4) is 0 Å². The van der Waals surface area contributed by atoms with E-state index in [0.717, 1.165) is 9.54 Å². The zero-order valence-corrected chi connectivity index (χ0v) is 24.2. The molecule has 0 radical (unpaired) electrons. The second-order valence-corrected chi connectivity index (χ2v) is 13.4. The van der Waals surface area contributed by atoms with Crippen LogP contribution in [0.15, 0.2) is 47.5 Å². The van der Waals surface area contributed by atoms with Crippen molar-refractivity contribution in [2.24, 2.45) is 0 Å². The summed E-state index contributed by atoms with van der Waals surface area (Å²) in [6, 6.07) is 8.75. The number of nitrogens with zero attached hydrogens (tertiary/aromatic N) is 4. The van der Waals surface area contributed by atoms with Crippen LogP contribution < -0.4 is 9.64 Å². The Labute approximate surface area is 236 Å². The molecule has 0 unspecified atom stereocenters. The Bertz CT molecular complexity index is 1450. The summed E-state index contributed by atoms with van der Waals surface area (Å²) < 4.78 is 46.5. The number of benzene rings is 2. The molecule has 1 fully saturated rings. The van der Waals surface area contributed by atoms with Gasteiger partial charge in [0.2, 0.25) is 0 Å². The van der Waals surface area contributed by atoms with Gasteiger partial charge >= 0.3 is 0 Å². The molecule has 206 valence electrons. The number of anilines is 1. The molecule has 4 rings (SSSR count). The fraction of sp³-hybridized carbons (Fsp3) is 0.400. The number of carbonyl (C=O) groups is 1. The van der Waals surface area contributed by atoms with E-state index in [1.54, 1.807) is 18.3 Å². The minimum Gasteiger partial charge on any atom is -0.495 e. The average molecular weight is 606 g/mol. The van der Waals surface area contributed by atoms with Crippen molar-refractivity contribution in [2.75, 3.05) is 58.8 Å². The molecule has 1 amide bonds. The van der Waals surface area contributed by atoms with Gasteiger partial charge in [-0.15, -0.1) is 0 Å². The SMILES string of the molecule is COc1ccc(S(=O)(=O)n2cc(CCN(C)C)c3ccc(F)cc32)cc1N1CCN(C(=O)C(Cl)(Cl)Cl)CC1. The van der Waals surface area contributed by atoms with E-state index in [0.29, 0.717) is 42.9 Å². The molecule has 1 aliphatic heterocycles. The Morgan fingerprint density at radius 3 is 2.37 bits per heavy atom. The Balaban J connectivity index is 1.70. The normalized spacial score (nSPS) is 14.9. The van der Waals surface area contributed by atoms with Crippen molar-refractivity contribution in [2.45, 2.75) is 15.1 Å². The first-order valence-electron chi connectivity index (χ1n) is 11.8. The topological polar surface area (TPSA) is 75.1 Å². The van der Waals surface area contributed by atoms with Gasteiger partial charge in [0.25, 0.3) is 19.7 Å². The predicted octanol–water partition coefficient (Wildman–Crippen LogP) is 4.15. The number of amides is 1. The molecule has 8 nitrogen and oxygen atoms in total. The molecule has 1 aromatic heterocycles. The fourth-order valence-corrected chi connectivity index (χ4v) is 6.26. The van der Waals surface area contributed by atoms with Crippen molar-refractivity contribution in [1.29, 1.82) is 0 Å². The lowest BCUT2D eigenvalue weighted by Gasteiger charge is -2.37. The van der Waals surface area contributed by atoms with E-state index in [1.807, 2.05) is 23.9 Å². The zero-order valence-electron chi connectivity index (χ0n) is 21.1. The Morgan fingerprint density at radius 2 is 1.76 bits per heavy atom. The number of likely N-dealkylation sites (N-methyl/N-ethyl adjacent to an activating group) is 1. The molecule has 1 saturated heterocycles. The number of hydrogen-bond acceptors (Lipinski definition) is 6. The predicted molar refractivity (Wildman–Crippen MR) is 149 cm³/mol. The van der Waals surface area contributed by atoms with Gasteiger partial charge in [0.15, 0.2) is 0 Å². The summed E-state index contributed by atoms with van der Waals surface area (Å²) in [7, 11) is 1.27. The average Bonchev–Trinajstić information content (AvgIpc) is 3.24. The van der Waals surface area contributed by atoms with E-state index in [1.165, 1.54) is 36.3 Å². The van der Waals surface area contributed by atoms with Crippen LogP contribution in [0.5, 0.6) is 5.75 Å². The quantitative estimate of drug-likeness (QED) is 0.377. The van der Waals surface area contributed by atoms with E-state index in [2.05, 4.69) is 0 Å². The van der Waals surface area contributed by atoms with Gasteiger partial charge in [0, 0.05) is 44.3 Å². The van der Waals surface area contributed by atoms with Crippen LogP contribution in [-0.4, -0.2) is 85.8 Å². The van der Waals surface area contributed by atoms with Crippen molar-refractivity contribution < 1.29 is 22.3 Å². The van der Waals surface area contributed by atoms with Crippen LogP contribution in [-0.2, 0) is 21.2 Å². The van der Waals surface area contributed by atoms with Gasteiger partial charge in [-0.2, -0.15) is 0 Å². The molecular weight excluding hydrogens is 578 g/mol. The summed E-state index contributed by atoms with van der Waals surface area (Å²) in [6.45, 7) is 2.01. The highest BCUT2D eigenvalue weighted by molar-refractivity contribution is 7.90. The number of ether oxygens (including phenoxy) is 1. The van der Waals surface area contributed by atoms with Gasteiger partial charge in [0.1, 0.15) is 11.6 Å². The summed E-state index contributed by atoms with van der Waals surface area (Å²) in [5.41, 5.74) is 1.63. The molecule has 0 N–H and O–H groups in total. The van der Waals surface area contributed by atoms with Crippen molar-refractivity contribution in [3.63, 3.8) is 0 Å². The molecular formula is C25H28Cl3FN4O4S. The Morgan fingerprint density at radius 1 is 1.08 bits per heavy atom. The monoisotopic (exact) mass is 604 g/mol. The molecule has 3 aromatic rings. The molecule has 13 heteroatoms. The highest BCUT2D eigenvalue weighted by Crippen LogP contribution is 2.35. The first-order valence-corrected chi connectivity index (χ1v) is 14.4. The number of alkyl halides is 3. The maximum atomic E-state index is 14.2. The molecule has 1 aliphatic rings. The fourth-order valence-electron chi connectivity index (χ4n) is 4.50. The second-order valence-electron chi connectivity index (χ2n) is 9.28. The van der Waals surface area contributed by atoms with Crippen LogP contribution >= 0.6 is 34.8 Å². The van der Waals surface area contributed by atoms with E-state index < -0.39 is 25.5 Å². The molecule has 0 atom stereocenters. The van der Waals surface area contributed by atoms with Crippen LogP contribution in [0.4, 0.5) is 10.1 Å². The Hall–Kier alpha value is -2.24. The number of halogens is 4. The standard InChI is InChI=1S/C25H28Cl3FN4O4S/c1-30(2)9-8-17-16-33(21-14-18(29)4-6-20(17)21)38(35,36)19-5-7-23(37-3)22(15-19)31-10-12-32(13-11-31)24(34)25(26,27)28/h4-7,14-16H,8-13H2,1-3H3. The summed E-state index contributed by atoms with van der Waals surface area (Å²) >= 11 is 17.2. The molecule has 0 bridgehead atoms. The molecule has 2 aromatic carbocycles. The lowest BCUT2D eigenvalue weighted by Crippen LogP contribution is -2.51. The third-order valence-electron chi connectivity index (χ3n) is 6.50. The van der Waals surface area contributed by atoms with Gasteiger partial charge in [0.05, 0.1) is 23.2 Å². The van der Waals surface area contributed by atoms with E-state index in [9.17, 15) is 17.6 Å². The van der Waals surface area contributed by atoms with Crippen molar-refractivity contribution in [3.05, 3.63) is 54.0 Å². The van der Waals surface area contributed by atoms with Gasteiger partial charge < -0.3 is 19.4 Å². The highest BCUT2D eigenvalue weighted by atomic mass is 35.6. The minimum absolute atomic E-state index is 0.0217. The number of hydrogen-bond donors (Lipinski definition) is 0. The number of methoxy groups -OCH3 is 1. The number of fused-ring (bicyclic) bond motifs is 1. The van der Waals surface area contributed by atoms with Crippen LogP contribution in [0.2, 0.25) is 0 Å². The molecule has 0 saturated carbocycles. The minimum atomic E-state index is -4.09. The van der Waals surface area contributed by atoms with Gasteiger partial charge in [-0.1, -0.05) is 34.8 Å². The third-order valence-corrected chi connectivity index (χ3v) is 8.66. The van der Waals surface area contributed by atoms with E-state index >= 15 is 0 Å². The summed E-state index contributed by atoms with van der Waals surface area (Å²) in [5, 5.41) is 0.681. The highest BCUT2D eigenvalue weighted by Gasteiger charge is 2.37. The third kappa shape index (κ3) is 5.84. The van der Waals surface area contributed by atoms with Crippen molar-refractivity contribution in [1.82, 2.24) is 13.8 Å². The summed E-state index contributed by atoms with van der Waals surface area (Å²) in [5.74, 6) is -0.661. The van der Waals surface area contributed by atoms with Crippen LogP contribution in [0.25, 0.3) is 10.9 Å². The van der Waals surface area contributed by atoms with Gasteiger partial charge in [-0.3, -0.25) is 4.79 Å². The van der Waals surface area contributed by atoms with Gasteiger partial charge in [-0.05, 0) is 62.5 Å². The van der Waals surface area contributed by atoms with E-state index in [-0.39, 0.29) is 23.5 Å². The summed E-state index contributed by atoms with van der Waals surface area (Å²) in [4.78, 5) is 17.7. The van der Waals surface area contributed by atoms with E-state index in [4.69, 9.17) is 39.5 Å². The largest absolute Gasteiger partial charge is 0.495 e. The smallest absolute Gasteiger partial charge is 0.274 e. The number of aromatic nitrogens is 1. The maximum absolute atomic E-state index is 14.2. The molecule has 2 heterocycles. The number of carbonyl (C=O) groups excluding carboxylic acids is 1. The first-order chi connectivity index (χ1) is 17.8. The molecule has 0 spiro atoms. The molecule has 38 heavy (non-hydrogen) atoms. The van der Waals surface area contributed by atoms with Crippen molar-refractivity contribution >= 4 is 67.3 Å². The van der Waals surface area contributed by atoms with Crippen LogP contribution in [0.1, 0.15) is 5.56 Å². The van der Waals surface area contributed by atoms with Crippen molar-refractivity contribution in [3.8, 4) is 5.75 Å². The number of piperazine rings is 1. The summed E-state index contributed by atoms with van der Waals surface area (Å²) in [6.07, 6.45) is 2.16. The Kier molecular flexibility index (Phi) is 8.40. The molecule has 0 aliphatic carbocycles. The zero-order chi connectivity index (χ0) is 27.8. The number of rotatable bonds is 7. The lowest BCUT2D eigenvalue weighted by atomic mass is 10.1.